The van der Waals surface area contributed by atoms with Gasteiger partial charge in [0.05, 0.1) is 11.4 Å². The molecule has 2 rings (SSSR count). The molecule has 0 spiro atoms. The van der Waals surface area contributed by atoms with E-state index in [0.29, 0.717) is 11.7 Å². The second kappa shape index (κ2) is 3.44. The lowest BCUT2D eigenvalue weighted by molar-refractivity contribution is 0.445. The summed E-state index contributed by atoms with van der Waals surface area (Å²) < 4.78 is 25.6. The maximum atomic E-state index is 12.9. The number of hydrogen-bond acceptors (Lipinski definition) is 2. The Hall–Kier alpha value is -1.32. The summed E-state index contributed by atoms with van der Waals surface area (Å²) in [5.74, 6) is -1.76. The van der Waals surface area contributed by atoms with E-state index in [0.717, 1.165) is 25.0 Å². The summed E-state index contributed by atoms with van der Waals surface area (Å²) in [5.41, 5.74) is 6.30. The molecule has 1 aliphatic rings. The van der Waals surface area contributed by atoms with E-state index in [2.05, 4.69) is 5.32 Å². The van der Waals surface area contributed by atoms with Crippen LogP contribution in [0.1, 0.15) is 19.3 Å². The predicted molar refractivity (Wildman–Crippen MR) is 52.0 cm³/mol. The highest BCUT2D eigenvalue weighted by Crippen LogP contribution is 2.28. The van der Waals surface area contributed by atoms with Gasteiger partial charge < -0.3 is 11.1 Å². The summed E-state index contributed by atoms with van der Waals surface area (Å²) in [4.78, 5) is 0. The molecule has 3 N–H and O–H groups in total. The molecule has 0 aliphatic heterocycles. The van der Waals surface area contributed by atoms with Crippen molar-refractivity contribution in [2.75, 3.05) is 11.1 Å². The second-order valence-electron chi connectivity index (χ2n) is 3.63. The van der Waals surface area contributed by atoms with Gasteiger partial charge in [-0.25, -0.2) is 8.78 Å². The quantitative estimate of drug-likeness (QED) is 0.716. The van der Waals surface area contributed by atoms with Crippen LogP contribution in [0.25, 0.3) is 0 Å². The van der Waals surface area contributed by atoms with Crippen LogP contribution in [-0.2, 0) is 0 Å². The van der Waals surface area contributed by atoms with Gasteiger partial charge in [0.15, 0.2) is 11.6 Å². The summed E-state index contributed by atoms with van der Waals surface area (Å²) >= 11 is 0. The fourth-order valence-electron chi connectivity index (χ4n) is 1.46. The van der Waals surface area contributed by atoms with Gasteiger partial charge in [0.1, 0.15) is 0 Å². The van der Waals surface area contributed by atoms with Gasteiger partial charge in [-0.15, -0.1) is 0 Å². The number of nitrogens with two attached hydrogens (primary N) is 1. The molecule has 0 bridgehead atoms. The van der Waals surface area contributed by atoms with Gasteiger partial charge in [-0.1, -0.05) is 0 Å². The van der Waals surface area contributed by atoms with Crippen LogP contribution in [0.5, 0.6) is 0 Å². The molecule has 0 radical (unpaired) electrons. The first kappa shape index (κ1) is 9.24. The lowest BCUT2D eigenvalue weighted by Crippen LogP contribution is -2.27. The molecule has 0 amide bonds. The summed E-state index contributed by atoms with van der Waals surface area (Å²) in [6.45, 7) is 0. The largest absolute Gasteiger partial charge is 0.397 e. The van der Waals surface area contributed by atoms with Crippen molar-refractivity contribution < 1.29 is 8.78 Å². The highest BCUT2D eigenvalue weighted by Gasteiger charge is 2.18. The summed E-state index contributed by atoms with van der Waals surface area (Å²) in [5, 5.41) is 3.08. The molecule has 2 nitrogen and oxygen atoms in total. The third-order valence-corrected chi connectivity index (χ3v) is 2.56. The molecule has 0 aromatic heterocycles. The van der Waals surface area contributed by atoms with E-state index in [9.17, 15) is 8.78 Å². The number of halogens is 2. The van der Waals surface area contributed by atoms with Crippen LogP contribution in [0.3, 0.4) is 0 Å². The van der Waals surface area contributed by atoms with E-state index in [4.69, 9.17) is 5.73 Å². The molecule has 1 aromatic rings. The van der Waals surface area contributed by atoms with Crippen molar-refractivity contribution in [2.45, 2.75) is 25.3 Å². The van der Waals surface area contributed by atoms with Crippen LogP contribution in [0.2, 0.25) is 0 Å². The highest BCUT2D eigenvalue weighted by molar-refractivity contribution is 5.66. The van der Waals surface area contributed by atoms with Gasteiger partial charge in [0.25, 0.3) is 0 Å². The molecule has 1 aliphatic carbocycles. The first-order valence-corrected chi connectivity index (χ1v) is 4.68. The lowest BCUT2D eigenvalue weighted by atomic mass is 9.93. The molecule has 1 saturated carbocycles. The van der Waals surface area contributed by atoms with Gasteiger partial charge in [0, 0.05) is 18.2 Å². The van der Waals surface area contributed by atoms with Crippen LogP contribution >= 0.6 is 0 Å². The van der Waals surface area contributed by atoms with E-state index < -0.39 is 11.6 Å². The van der Waals surface area contributed by atoms with Crippen LogP contribution < -0.4 is 11.1 Å². The van der Waals surface area contributed by atoms with Crippen LogP contribution in [0.4, 0.5) is 20.2 Å². The Labute approximate surface area is 81.1 Å². The van der Waals surface area contributed by atoms with Gasteiger partial charge in [-0.2, -0.15) is 0 Å². The van der Waals surface area contributed by atoms with Crippen LogP contribution in [0, 0.1) is 11.6 Å². The Balaban J connectivity index is 2.19. The summed E-state index contributed by atoms with van der Waals surface area (Å²) in [6.07, 6.45) is 3.32. The van der Waals surface area contributed by atoms with Crippen molar-refractivity contribution in [3.05, 3.63) is 23.8 Å². The minimum Gasteiger partial charge on any atom is -0.397 e. The number of benzene rings is 1. The van der Waals surface area contributed by atoms with Gasteiger partial charge in [0.2, 0.25) is 0 Å². The van der Waals surface area contributed by atoms with Crippen molar-refractivity contribution in [1.29, 1.82) is 0 Å². The molecular weight excluding hydrogens is 186 g/mol. The minimum atomic E-state index is -0.901. The van der Waals surface area contributed by atoms with E-state index in [1.54, 1.807) is 0 Å². The van der Waals surface area contributed by atoms with E-state index in [1.807, 2.05) is 0 Å². The maximum absolute atomic E-state index is 12.9. The lowest BCUT2D eigenvalue weighted by Gasteiger charge is -2.28. The third kappa shape index (κ3) is 1.64. The molecule has 4 heteroatoms. The zero-order valence-corrected chi connectivity index (χ0v) is 7.69. The molecule has 76 valence electrons. The van der Waals surface area contributed by atoms with E-state index in [-0.39, 0.29) is 5.69 Å². The van der Waals surface area contributed by atoms with Gasteiger partial charge in [-0.05, 0) is 19.3 Å². The monoisotopic (exact) mass is 198 g/mol. The number of hydrogen-bond donors (Lipinski definition) is 2. The molecule has 0 unspecified atom stereocenters. The van der Waals surface area contributed by atoms with Crippen LogP contribution in [-0.4, -0.2) is 6.04 Å². The van der Waals surface area contributed by atoms with E-state index >= 15 is 0 Å². The maximum Gasteiger partial charge on any atom is 0.161 e. The van der Waals surface area contributed by atoms with Crippen LogP contribution in [0.15, 0.2) is 12.1 Å². The average molecular weight is 198 g/mol. The summed E-state index contributed by atoms with van der Waals surface area (Å²) in [6, 6.07) is 2.49. The molecule has 0 heterocycles. The Morgan fingerprint density at radius 1 is 1.21 bits per heavy atom. The second-order valence-corrected chi connectivity index (χ2v) is 3.63. The topological polar surface area (TPSA) is 38.0 Å². The van der Waals surface area contributed by atoms with Gasteiger partial charge >= 0.3 is 0 Å². The summed E-state index contributed by atoms with van der Waals surface area (Å²) in [7, 11) is 0. The first-order chi connectivity index (χ1) is 6.66. The van der Waals surface area contributed by atoms with Crippen molar-refractivity contribution in [3.8, 4) is 0 Å². The molecule has 14 heavy (non-hydrogen) atoms. The standard InChI is InChI=1S/C10H12F2N2/c11-7-4-9(13)10(5-8(7)12)14-6-2-1-3-6/h4-6,14H,1-3,13H2. The molecule has 1 aromatic carbocycles. The highest BCUT2D eigenvalue weighted by atomic mass is 19.2. The normalized spacial score (nSPS) is 16.4. The molecular formula is C10H12F2N2. The predicted octanol–water partition coefficient (Wildman–Crippen LogP) is 2.51. The Morgan fingerprint density at radius 3 is 2.43 bits per heavy atom. The third-order valence-electron chi connectivity index (χ3n) is 2.56. The Kier molecular flexibility index (Phi) is 2.27. The Morgan fingerprint density at radius 2 is 1.86 bits per heavy atom. The number of nitrogens with one attached hydrogen (secondary N) is 1. The fourth-order valence-corrected chi connectivity index (χ4v) is 1.46. The smallest absolute Gasteiger partial charge is 0.161 e. The zero-order valence-electron chi connectivity index (χ0n) is 7.69. The van der Waals surface area contributed by atoms with Crippen molar-refractivity contribution in [3.63, 3.8) is 0 Å². The first-order valence-electron chi connectivity index (χ1n) is 4.68. The SMILES string of the molecule is Nc1cc(F)c(F)cc1NC1CCC1. The fraction of sp³-hybridized carbons (Fsp3) is 0.400. The molecule has 1 fully saturated rings. The van der Waals surface area contributed by atoms with Crippen molar-refractivity contribution in [1.82, 2.24) is 0 Å². The zero-order chi connectivity index (χ0) is 10.1. The minimum absolute atomic E-state index is 0.260. The molecule has 0 atom stereocenters. The average Bonchev–Trinajstić information content (AvgIpc) is 2.06. The molecule has 0 saturated heterocycles. The number of nitrogen functional groups attached to an aromatic ring is 1. The van der Waals surface area contributed by atoms with E-state index in [1.165, 1.54) is 6.42 Å². The number of rotatable bonds is 2. The van der Waals surface area contributed by atoms with Gasteiger partial charge in [-0.3, -0.25) is 0 Å². The Bertz CT molecular complexity index is 348. The van der Waals surface area contributed by atoms with Crippen molar-refractivity contribution in [2.24, 2.45) is 0 Å². The van der Waals surface area contributed by atoms with Crippen molar-refractivity contribution >= 4 is 11.4 Å². The number of anilines is 2.